The summed E-state index contributed by atoms with van der Waals surface area (Å²) in [7, 11) is 0. The zero-order valence-corrected chi connectivity index (χ0v) is 18.0. The molecule has 5 heteroatoms. The van der Waals surface area contributed by atoms with Gasteiger partial charge in [-0.3, -0.25) is 10.1 Å². The summed E-state index contributed by atoms with van der Waals surface area (Å²) in [6, 6.07) is 26.8. The summed E-state index contributed by atoms with van der Waals surface area (Å²) >= 11 is 0. The Hall–Kier alpha value is -3.44. The summed E-state index contributed by atoms with van der Waals surface area (Å²) in [5, 5.41) is 3.48. The van der Waals surface area contributed by atoms with Crippen LogP contribution >= 0.6 is 0 Å². The Balaban J connectivity index is 1.84. The highest BCUT2D eigenvalue weighted by Crippen LogP contribution is 2.45. The Kier molecular flexibility index (Phi) is 5.38. The van der Waals surface area contributed by atoms with Crippen LogP contribution in [0.2, 0.25) is 0 Å². The van der Waals surface area contributed by atoms with Crippen molar-refractivity contribution in [2.75, 3.05) is 4.90 Å². The van der Waals surface area contributed by atoms with Crippen molar-refractivity contribution in [1.29, 1.82) is 0 Å². The summed E-state index contributed by atoms with van der Waals surface area (Å²) < 4.78 is 5.58. The normalized spacial score (nSPS) is 18.0. The fraction of sp³-hybridized carbons (Fsp3) is 0.231. The van der Waals surface area contributed by atoms with E-state index >= 15 is 0 Å². The lowest BCUT2D eigenvalue weighted by molar-refractivity contribution is -0.122. The number of anilines is 1. The van der Waals surface area contributed by atoms with E-state index in [1.54, 1.807) is 26.8 Å². The van der Waals surface area contributed by atoms with E-state index in [2.05, 4.69) is 5.32 Å². The molecule has 0 unspecified atom stereocenters. The molecule has 0 saturated carbocycles. The zero-order valence-electron chi connectivity index (χ0n) is 18.0. The number of carbonyl (C=O) groups excluding carboxylic acids is 2. The molecule has 1 aliphatic heterocycles. The molecule has 0 spiro atoms. The Bertz CT molecular complexity index is 1090. The molecule has 1 N–H and O–H groups in total. The minimum Gasteiger partial charge on any atom is -0.443 e. The van der Waals surface area contributed by atoms with E-state index in [1.807, 2.05) is 78.9 Å². The number of ether oxygens (including phenoxy) is 1. The van der Waals surface area contributed by atoms with E-state index in [4.69, 9.17) is 4.74 Å². The third-order valence-corrected chi connectivity index (χ3v) is 5.26. The third-order valence-electron chi connectivity index (χ3n) is 5.26. The molecule has 1 aliphatic rings. The Morgan fingerprint density at radius 3 is 2.13 bits per heavy atom. The van der Waals surface area contributed by atoms with Crippen LogP contribution in [-0.4, -0.2) is 17.6 Å². The number of hydrogen-bond acceptors (Lipinski definition) is 4. The zero-order chi connectivity index (χ0) is 22.1. The van der Waals surface area contributed by atoms with Crippen LogP contribution in [0.5, 0.6) is 0 Å². The number of nitrogens with one attached hydrogen (secondary N) is 1. The molecule has 0 saturated heterocycles. The van der Waals surface area contributed by atoms with Gasteiger partial charge in [-0.05, 0) is 38.0 Å². The van der Waals surface area contributed by atoms with Gasteiger partial charge in [-0.15, -0.1) is 0 Å². The van der Waals surface area contributed by atoms with E-state index in [1.165, 1.54) is 0 Å². The summed E-state index contributed by atoms with van der Waals surface area (Å²) in [6.45, 7) is 5.82. The SMILES string of the molecule is CC(C)(C)OC(=O)N1C(=O)[C@@](NCc2ccccc2)(c2ccccc2)c2ccccc21. The third kappa shape index (κ3) is 3.84. The van der Waals surface area contributed by atoms with Gasteiger partial charge in [0.15, 0.2) is 5.54 Å². The van der Waals surface area contributed by atoms with Crippen molar-refractivity contribution < 1.29 is 14.3 Å². The van der Waals surface area contributed by atoms with Crippen molar-refractivity contribution in [3.8, 4) is 0 Å². The van der Waals surface area contributed by atoms with Gasteiger partial charge in [-0.1, -0.05) is 78.9 Å². The van der Waals surface area contributed by atoms with Crippen LogP contribution in [0.4, 0.5) is 10.5 Å². The lowest BCUT2D eigenvalue weighted by Crippen LogP contribution is -2.53. The summed E-state index contributed by atoms with van der Waals surface area (Å²) in [5.74, 6) is -0.370. The number of rotatable bonds is 4. The smallest absolute Gasteiger partial charge is 0.421 e. The average molecular weight is 415 g/mol. The molecule has 158 valence electrons. The molecule has 4 rings (SSSR count). The van der Waals surface area contributed by atoms with Crippen molar-refractivity contribution in [3.63, 3.8) is 0 Å². The van der Waals surface area contributed by atoms with Crippen LogP contribution in [0, 0.1) is 0 Å². The van der Waals surface area contributed by atoms with Gasteiger partial charge >= 0.3 is 6.09 Å². The molecule has 0 aliphatic carbocycles. The average Bonchev–Trinajstić information content (AvgIpc) is 3.01. The van der Waals surface area contributed by atoms with Crippen LogP contribution in [0.1, 0.15) is 37.5 Å². The minimum absolute atomic E-state index is 0.370. The monoisotopic (exact) mass is 414 g/mol. The van der Waals surface area contributed by atoms with Gasteiger partial charge in [0.05, 0.1) is 5.69 Å². The first-order valence-electron chi connectivity index (χ1n) is 10.3. The van der Waals surface area contributed by atoms with E-state index in [0.717, 1.165) is 21.6 Å². The largest absolute Gasteiger partial charge is 0.443 e. The van der Waals surface area contributed by atoms with Gasteiger partial charge in [0.1, 0.15) is 5.60 Å². The molecule has 0 aromatic heterocycles. The molecule has 1 heterocycles. The number of carbonyl (C=O) groups is 2. The molecule has 5 nitrogen and oxygen atoms in total. The Morgan fingerprint density at radius 2 is 1.48 bits per heavy atom. The first-order chi connectivity index (χ1) is 14.8. The molecule has 0 fully saturated rings. The molecule has 1 atom stereocenters. The molecule has 31 heavy (non-hydrogen) atoms. The number of hydrogen-bond donors (Lipinski definition) is 1. The van der Waals surface area contributed by atoms with Gasteiger partial charge < -0.3 is 4.74 Å². The van der Waals surface area contributed by atoms with Crippen LogP contribution < -0.4 is 10.2 Å². The predicted molar refractivity (Wildman–Crippen MR) is 121 cm³/mol. The number of benzene rings is 3. The maximum absolute atomic E-state index is 14.0. The number of fused-ring (bicyclic) bond motifs is 1. The molecule has 2 amide bonds. The van der Waals surface area contributed by atoms with E-state index < -0.39 is 17.2 Å². The summed E-state index contributed by atoms with van der Waals surface area (Å²) in [4.78, 5) is 28.2. The van der Waals surface area contributed by atoms with Crippen molar-refractivity contribution in [2.24, 2.45) is 0 Å². The number of amides is 2. The van der Waals surface area contributed by atoms with Crippen molar-refractivity contribution in [2.45, 2.75) is 38.5 Å². The molecule has 3 aromatic carbocycles. The molecule has 0 bridgehead atoms. The van der Waals surface area contributed by atoms with Gasteiger partial charge in [0.25, 0.3) is 5.91 Å². The van der Waals surface area contributed by atoms with Gasteiger partial charge in [0, 0.05) is 12.1 Å². The molecular weight excluding hydrogens is 388 g/mol. The second-order valence-corrected chi connectivity index (χ2v) is 8.59. The van der Waals surface area contributed by atoms with Crippen molar-refractivity contribution in [3.05, 3.63) is 102 Å². The highest BCUT2D eigenvalue weighted by molar-refractivity contribution is 6.22. The van der Waals surface area contributed by atoms with Crippen LogP contribution in [0.25, 0.3) is 0 Å². The second kappa shape index (κ2) is 8.00. The highest BCUT2D eigenvalue weighted by Gasteiger charge is 2.54. The number of para-hydroxylation sites is 1. The van der Waals surface area contributed by atoms with Crippen LogP contribution in [0.15, 0.2) is 84.9 Å². The lowest BCUT2D eigenvalue weighted by atomic mass is 9.83. The summed E-state index contributed by atoms with van der Waals surface area (Å²) in [5.41, 5.74) is 1.15. The quantitative estimate of drug-likeness (QED) is 0.653. The van der Waals surface area contributed by atoms with Crippen LogP contribution in [-0.2, 0) is 21.6 Å². The van der Waals surface area contributed by atoms with Crippen LogP contribution in [0.3, 0.4) is 0 Å². The van der Waals surface area contributed by atoms with E-state index in [0.29, 0.717) is 12.2 Å². The standard InChI is InChI=1S/C26H26N2O3/c1-25(2,3)31-24(30)28-22-17-11-10-16-21(22)26(23(28)29,20-14-8-5-9-15-20)27-18-19-12-6-4-7-13-19/h4-17,27H,18H2,1-3H3/t26-/m1/s1. The van der Waals surface area contributed by atoms with E-state index in [9.17, 15) is 9.59 Å². The van der Waals surface area contributed by atoms with Crippen molar-refractivity contribution in [1.82, 2.24) is 5.32 Å². The Morgan fingerprint density at radius 1 is 0.903 bits per heavy atom. The topological polar surface area (TPSA) is 58.6 Å². The molecule has 3 aromatic rings. The lowest BCUT2D eigenvalue weighted by Gasteiger charge is -2.31. The highest BCUT2D eigenvalue weighted by atomic mass is 16.6. The van der Waals surface area contributed by atoms with Gasteiger partial charge in [0.2, 0.25) is 0 Å². The fourth-order valence-corrected chi connectivity index (χ4v) is 3.94. The maximum atomic E-state index is 14.0. The predicted octanol–water partition coefficient (Wildman–Crippen LogP) is 5.00. The Labute approximate surface area is 182 Å². The summed E-state index contributed by atoms with van der Waals surface area (Å²) in [6.07, 6.45) is -0.677. The number of imide groups is 1. The molecular formula is C26H26N2O3. The van der Waals surface area contributed by atoms with Gasteiger partial charge in [-0.2, -0.15) is 0 Å². The second-order valence-electron chi connectivity index (χ2n) is 8.59. The van der Waals surface area contributed by atoms with E-state index in [-0.39, 0.29) is 5.91 Å². The first kappa shape index (κ1) is 20.8. The molecule has 0 radical (unpaired) electrons. The number of nitrogens with zero attached hydrogens (tertiary/aromatic N) is 1. The van der Waals surface area contributed by atoms with Gasteiger partial charge in [-0.25, -0.2) is 9.69 Å². The minimum atomic E-state index is -1.20. The first-order valence-corrected chi connectivity index (χ1v) is 10.3. The van der Waals surface area contributed by atoms with Crippen molar-refractivity contribution >= 4 is 17.7 Å². The maximum Gasteiger partial charge on any atom is 0.421 e. The fourth-order valence-electron chi connectivity index (χ4n) is 3.94.